The number of hydrogen-bond acceptors (Lipinski definition) is 4. The molecule has 0 aliphatic rings. The monoisotopic (exact) mass is 273 g/mol. The number of hydrogen-bond donors (Lipinski definition) is 1. The van der Waals surface area contributed by atoms with Gasteiger partial charge < -0.3 is 15.0 Å². The van der Waals surface area contributed by atoms with Crippen molar-refractivity contribution < 1.29 is 13.9 Å². The third-order valence-corrected chi connectivity index (χ3v) is 2.77. The van der Waals surface area contributed by atoms with E-state index in [-0.39, 0.29) is 17.9 Å². The first-order valence-corrected chi connectivity index (χ1v) is 5.78. The highest BCUT2D eigenvalue weighted by atomic mass is 19.1. The number of aryl methyl sites for hydroxylation is 1. The second-order valence-electron chi connectivity index (χ2n) is 4.26. The van der Waals surface area contributed by atoms with Gasteiger partial charge in [0.25, 0.3) is 0 Å². The highest BCUT2D eigenvalue weighted by Gasteiger charge is 2.13. The summed E-state index contributed by atoms with van der Waals surface area (Å²) in [6.45, 7) is -0.245. The predicted octanol–water partition coefficient (Wildman–Crippen LogP) is 1.98. The zero-order chi connectivity index (χ0) is 14.7. The molecule has 1 aromatic carbocycles. The van der Waals surface area contributed by atoms with E-state index in [1.165, 1.54) is 28.8 Å². The minimum atomic E-state index is -0.606. The summed E-state index contributed by atoms with van der Waals surface area (Å²) in [4.78, 5) is 11.8. The Labute approximate surface area is 115 Å². The van der Waals surface area contributed by atoms with Crippen molar-refractivity contribution in [1.82, 2.24) is 4.57 Å². The number of carbonyl (C=O) groups is 1. The third kappa shape index (κ3) is 2.78. The van der Waals surface area contributed by atoms with Gasteiger partial charge in [-0.05, 0) is 24.3 Å². The molecule has 0 aliphatic carbocycles. The first kappa shape index (κ1) is 13.6. The zero-order valence-corrected chi connectivity index (χ0v) is 10.8. The molecule has 0 spiro atoms. The summed E-state index contributed by atoms with van der Waals surface area (Å²) in [6.07, 6.45) is 1.58. The number of benzene rings is 1. The highest BCUT2D eigenvalue weighted by molar-refractivity contribution is 5.89. The molecule has 0 bridgehead atoms. The quantitative estimate of drug-likeness (QED) is 0.867. The van der Waals surface area contributed by atoms with Gasteiger partial charge in [-0.2, -0.15) is 5.26 Å². The molecule has 0 fully saturated rings. The van der Waals surface area contributed by atoms with Crippen molar-refractivity contribution in [3.63, 3.8) is 0 Å². The van der Waals surface area contributed by atoms with Crippen LogP contribution in [0.15, 0.2) is 30.5 Å². The fraction of sp³-hybridized carbons (Fsp3) is 0.143. The molecule has 1 aromatic heterocycles. The standard InChI is InChI=1S/C14H12FN3O2/c1-18-7-11(17)5-13(18)14(19)20-8-10-4-9(6-16)2-3-12(10)15/h2-5,7H,8,17H2,1H3. The van der Waals surface area contributed by atoms with Gasteiger partial charge in [-0.3, -0.25) is 0 Å². The summed E-state index contributed by atoms with van der Waals surface area (Å²) >= 11 is 0. The summed E-state index contributed by atoms with van der Waals surface area (Å²) in [6, 6.07) is 7.25. The van der Waals surface area contributed by atoms with E-state index in [1.807, 2.05) is 6.07 Å². The molecule has 0 saturated heterocycles. The van der Waals surface area contributed by atoms with E-state index in [0.717, 1.165) is 0 Å². The average molecular weight is 273 g/mol. The molecular weight excluding hydrogens is 261 g/mol. The van der Waals surface area contributed by atoms with Crippen molar-refractivity contribution in [1.29, 1.82) is 5.26 Å². The lowest BCUT2D eigenvalue weighted by Gasteiger charge is -2.06. The summed E-state index contributed by atoms with van der Waals surface area (Å²) in [5.74, 6) is -1.13. The predicted molar refractivity (Wildman–Crippen MR) is 70.1 cm³/mol. The van der Waals surface area contributed by atoms with Gasteiger partial charge in [0, 0.05) is 18.8 Å². The van der Waals surface area contributed by atoms with Crippen molar-refractivity contribution in [2.24, 2.45) is 7.05 Å². The van der Waals surface area contributed by atoms with E-state index in [9.17, 15) is 9.18 Å². The molecule has 0 unspecified atom stereocenters. The summed E-state index contributed by atoms with van der Waals surface area (Å²) < 4.78 is 20.1. The van der Waals surface area contributed by atoms with Crippen LogP contribution in [0, 0.1) is 17.1 Å². The van der Waals surface area contributed by atoms with E-state index in [1.54, 1.807) is 13.2 Å². The molecule has 2 rings (SSSR count). The van der Waals surface area contributed by atoms with E-state index in [0.29, 0.717) is 11.3 Å². The second kappa shape index (κ2) is 5.45. The number of anilines is 1. The number of nitrogens with two attached hydrogens (primary N) is 1. The van der Waals surface area contributed by atoms with Crippen LogP contribution >= 0.6 is 0 Å². The number of aromatic nitrogens is 1. The van der Waals surface area contributed by atoms with Crippen LogP contribution in [0.5, 0.6) is 0 Å². The number of nitrogen functional groups attached to an aromatic ring is 1. The Morgan fingerprint density at radius 3 is 2.85 bits per heavy atom. The van der Waals surface area contributed by atoms with Crippen molar-refractivity contribution in [2.45, 2.75) is 6.61 Å². The maximum Gasteiger partial charge on any atom is 0.355 e. The van der Waals surface area contributed by atoms with Crippen LogP contribution in [0.1, 0.15) is 21.6 Å². The molecule has 0 aliphatic heterocycles. The molecule has 20 heavy (non-hydrogen) atoms. The maximum atomic E-state index is 13.5. The molecule has 0 saturated carbocycles. The van der Waals surface area contributed by atoms with Gasteiger partial charge in [0.15, 0.2) is 0 Å². The van der Waals surface area contributed by atoms with Crippen LogP contribution in [0.4, 0.5) is 10.1 Å². The summed E-state index contributed by atoms with van der Waals surface area (Å²) in [5, 5.41) is 8.75. The van der Waals surface area contributed by atoms with Crippen molar-refractivity contribution >= 4 is 11.7 Å². The van der Waals surface area contributed by atoms with Gasteiger partial charge >= 0.3 is 5.97 Å². The molecule has 0 atom stereocenters. The lowest BCUT2D eigenvalue weighted by Crippen LogP contribution is -2.10. The zero-order valence-electron chi connectivity index (χ0n) is 10.8. The number of carbonyl (C=O) groups excluding carboxylic acids is 1. The molecule has 6 heteroatoms. The normalized spacial score (nSPS) is 10.1. The number of nitriles is 1. The molecule has 102 valence electrons. The summed E-state index contributed by atoms with van der Waals surface area (Å²) in [5.41, 5.74) is 6.74. The SMILES string of the molecule is Cn1cc(N)cc1C(=O)OCc1cc(C#N)ccc1F. The minimum Gasteiger partial charge on any atom is -0.456 e. The Balaban J connectivity index is 2.11. The minimum absolute atomic E-state index is 0.152. The van der Waals surface area contributed by atoms with E-state index < -0.39 is 11.8 Å². The summed E-state index contributed by atoms with van der Waals surface area (Å²) in [7, 11) is 1.66. The largest absolute Gasteiger partial charge is 0.456 e. The van der Waals surface area contributed by atoms with Crippen LogP contribution in [0.25, 0.3) is 0 Å². The van der Waals surface area contributed by atoms with Crippen LogP contribution in [0.3, 0.4) is 0 Å². The molecule has 1 heterocycles. The average Bonchev–Trinajstić information content (AvgIpc) is 2.76. The first-order valence-electron chi connectivity index (χ1n) is 5.78. The lowest BCUT2D eigenvalue weighted by molar-refractivity contribution is 0.0458. The molecule has 5 nitrogen and oxygen atoms in total. The van der Waals surface area contributed by atoms with Crippen LogP contribution in [0.2, 0.25) is 0 Å². The van der Waals surface area contributed by atoms with Gasteiger partial charge in [0.05, 0.1) is 17.3 Å². The maximum absolute atomic E-state index is 13.5. The molecule has 2 aromatic rings. The Morgan fingerprint density at radius 2 is 2.25 bits per heavy atom. The molecular formula is C14H12FN3O2. The van der Waals surface area contributed by atoms with Crippen molar-refractivity contribution in [2.75, 3.05) is 5.73 Å². The lowest BCUT2D eigenvalue weighted by atomic mass is 10.1. The number of nitrogens with zero attached hydrogens (tertiary/aromatic N) is 2. The fourth-order valence-electron chi connectivity index (χ4n) is 1.77. The Hall–Kier alpha value is -2.81. The number of rotatable bonds is 3. The van der Waals surface area contributed by atoms with Gasteiger partial charge in [-0.15, -0.1) is 0 Å². The first-order chi connectivity index (χ1) is 9.51. The number of ether oxygens (including phenoxy) is 1. The molecule has 0 amide bonds. The van der Waals surface area contributed by atoms with Crippen molar-refractivity contribution in [3.05, 3.63) is 53.1 Å². The molecule has 0 radical (unpaired) electrons. The van der Waals surface area contributed by atoms with Crippen LogP contribution in [-0.4, -0.2) is 10.5 Å². The number of esters is 1. The van der Waals surface area contributed by atoms with E-state index in [2.05, 4.69) is 0 Å². The topological polar surface area (TPSA) is 81.0 Å². The van der Waals surface area contributed by atoms with Crippen LogP contribution < -0.4 is 5.73 Å². The third-order valence-electron chi connectivity index (χ3n) is 2.77. The van der Waals surface area contributed by atoms with Gasteiger partial charge in [0.2, 0.25) is 0 Å². The van der Waals surface area contributed by atoms with Gasteiger partial charge in [-0.1, -0.05) is 0 Å². The van der Waals surface area contributed by atoms with Crippen LogP contribution in [-0.2, 0) is 18.4 Å². The molecule has 2 N–H and O–H groups in total. The van der Waals surface area contributed by atoms with Gasteiger partial charge in [-0.25, -0.2) is 9.18 Å². The highest BCUT2D eigenvalue weighted by Crippen LogP contribution is 2.14. The Bertz CT molecular complexity index is 701. The number of halogens is 1. The van der Waals surface area contributed by atoms with Crippen molar-refractivity contribution in [3.8, 4) is 6.07 Å². The Kier molecular flexibility index (Phi) is 3.71. The smallest absolute Gasteiger partial charge is 0.355 e. The Morgan fingerprint density at radius 1 is 1.50 bits per heavy atom. The van der Waals surface area contributed by atoms with E-state index >= 15 is 0 Å². The second-order valence-corrected chi connectivity index (χ2v) is 4.26. The fourth-order valence-corrected chi connectivity index (χ4v) is 1.77. The van der Waals surface area contributed by atoms with E-state index in [4.69, 9.17) is 15.7 Å². The van der Waals surface area contributed by atoms with Gasteiger partial charge in [0.1, 0.15) is 18.1 Å².